The summed E-state index contributed by atoms with van der Waals surface area (Å²) in [6.45, 7) is 0. The summed E-state index contributed by atoms with van der Waals surface area (Å²) in [4.78, 5) is 76.4. The summed E-state index contributed by atoms with van der Waals surface area (Å²) >= 11 is 0. The Morgan fingerprint density at radius 3 is 1.74 bits per heavy atom. The molecule has 15 heteroatoms. The third-order valence-corrected chi connectivity index (χ3v) is 6.30. The lowest BCUT2D eigenvalue weighted by Gasteiger charge is -2.23. The van der Waals surface area contributed by atoms with E-state index in [0.717, 1.165) is 0 Å². The van der Waals surface area contributed by atoms with E-state index in [1.165, 1.54) is 99.3 Å². The molecular formula is C32H27N3O12. The lowest BCUT2D eigenvalue weighted by Crippen LogP contribution is -2.54. The second-order valence-electron chi connectivity index (χ2n) is 9.41. The van der Waals surface area contributed by atoms with E-state index in [2.05, 4.69) is 10.7 Å². The Labute approximate surface area is 266 Å². The van der Waals surface area contributed by atoms with E-state index in [-0.39, 0.29) is 33.9 Å². The largest absolute Gasteiger partial charge is 0.497 e. The van der Waals surface area contributed by atoms with E-state index in [1.54, 1.807) is 6.07 Å². The number of hydrogen-bond donors (Lipinski definition) is 4. The second-order valence-corrected chi connectivity index (χ2v) is 9.41. The summed E-state index contributed by atoms with van der Waals surface area (Å²) in [6.07, 6.45) is -3.32. The third-order valence-electron chi connectivity index (χ3n) is 6.30. The number of carbonyl (C=O) groups is 6. The highest BCUT2D eigenvalue weighted by Crippen LogP contribution is 2.19. The summed E-state index contributed by atoms with van der Waals surface area (Å²) in [5, 5.41) is 12.5. The number of carboxylic acids is 1. The Morgan fingerprint density at radius 1 is 0.660 bits per heavy atom. The highest BCUT2D eigenvalue weighted by atomic mass is 16.6. The number of ether oxygens (including phenoxy) is 4. The maximum Gasteiger partial charge on any atom is 0.349 e. The lowest BCUT2D eigenvalue weighted by atomic mass is 10.1. The van der Waals surface area contributed by atoms with Gasteiger partial charge in [0.2, 0.25) is 12.2 Å². The van der Waals surface area contributed by atoms with Crippen molar-refractivity contribution in [2.75, 3.05) is 19.5 Å². The summed E-state index contributed by atoms with van der Waals surface area (Å²) in [7, 11) is 2.71. The molecule has 0 aliphatic rings. The van der Waals surface area contributed by atoms with Crippen molar-refractivity contribution in [3.05, 3.63) is 114 Å². The van der Waals surface area contributed by atoms with E-state index in [0.29, 0.717) is 5.69 Å². The molecule has 15 nitrogen and oxygen atoms in total. The van der Waals surface area contributed by atoms with Crippen molar-refractivity contribution in [2.24, 2.45) is 0 Å². The molecule has 0 spiro atoms. The van der Waals surface area contributed by atoms with Gasteiger partial charge in [0.25, 0.3) is 17.7 Å². The van der Waals surface area contributed by atoms with Crippen molar-refractivity contribution in [1.82, 2.24) is 10.9 Å². The fourth-order valence-corrected chi connectivity index (χ4v) is 3.93. The van der Waals surface area contributed by atoms with Crippen LogP contribution in [0.15, 0.2) is 95.6 Å². The first-order valence-corrected chi connectivity index (χ1v) is 13.6. The van der Waals surface area contributed by atoms with Gasteiger partial charge in [0.05, 0.1) is 31.6 Å². The Balaban J connectivity index is 1.50. The van der Waals surface area contributed by atoms with Crippen LogP contribution in [0.5, 0.6) is 11.5 Å². The maximum atomic E-state index is 13.3. The van der Waals surface area contributed by atoms with E-state index < -0.39 is 47.8 Å². The predicted molar refractivity (Wildman–Crippen MR) is 161 cm³/mol. The number of rotatable bonds is 12. The van der Waals surface area contributed by atoms with Crippen molar-refractivity contribution in [3.63, 3.8) is 0 Å². The zero-order chi connectivity index (χ0) is 33.9. The first kappa shape index (κ1) is 33.3. The molecule has 0 saturated carbocycles. The van der Waals surface area contributed by atoms with Crippen LogP contribution in [-0.4, -0.2) is 67.2 Å². The predicted octanol–water partition coefficient (Wildman–Crippen LogP) is 2.85. The normalized spacial score (nSPS) is 11.6. The van der Waals surface area contributed by atoms with Crippen LogP contribution in [0.2, 0.25) is 0 Å². The second kappa shape index (κ2) is 15.4. The molecule has 0 bridgehead atoms. The smallest absolute Gasteiger partial charge is 0.349 e. The van der Waals surface area contributed by atoms with Gasteiger partial charge in [0.1, 0.15) is 11.5 Å². The highest BCUT2D eigenvalue weighted by Gasteiger charge is 2.41. The number of hydrogen-bond acceptors (Lipinski definition) is 11. The number of amides is 3. The number of hydrazine groups is 1. The topological polar surface area (TPSA) is 209 Å². The zero-order valence-electron chi connectivity index (χ0n) is 24.8. The average molecular weight is 646 g/mol. The Kier molecular flexibility index (Phi) is 10.9. The fourth-order valence-electron chi connectivity index (χ4n) is 3.93. The van der Waals surface area contributed by atoms with Crippen LogP contribution in [0.1, 0.15) is 41.6 Å². The van der Waals surface area contributed by atoms with Crippen LogP contribution >= 0.6 is 0 Å². The molecule has 0 aliphatic heterocycles. The highest BCUT2D eigenvalue weighted by molar-refractivity contribution is 6.03. The van der Waals surface area contributed by atoms with Gasteiger partial charge in [0, 0.05) is 11.3 Å². The number of carboxylic acid groups (broad SMARTS) is 1. The van der Waals surface area contributed by atoms with Crippen LogP contribution in [0.25, 0.3) is 0 Å². The first-order chi connectivity index (χ1) is 22.6. The number of methoxy groups -OCH3 is 2. The van der Waals surface area contributed by atoms with Crippen molar-refractivity contribution in [1.29, 1.82) is 0 Å². The minimum Gasteiger partial charge on any atom is -0.497 e. The van der Waals surface area contributed by atoms with Crippen LogP contribution in [-0.2, 0) is 19.1 Å². The van der Waals surface area contributed by atoms with E-state index >= 15 is 0 Å². The van der Waals surface area contributed by atoms with Crippen molar-refractivity contribution < 1.29 is 57.2 Å². The van der Waals surface area contributed by atoms with Gasteiger partial charge < -0.3 is 33.8 Å². The van der Waals surface area contributed by atoms with Gasteiger partial charge in [-0.25, -0.2) is 14.4 Å². The summed E-state index contributed by atoms with van der Waals surface area (Å²) in [5.41, 5.74) is 4.19. The van der Waals surface area contributed by atoms with Gasteiger partial charge in [-0.05, 0) is 72.8 Å². The van der Waals surface area contributed by atoms with Crippen LogP contribution in [0, 0.1) is 0 Å². The van der Waals surface area contributed by atoms with E-state index in [9.17, 15) is 33.9 Å². The molecule has 1 heterocycles. The number of carbonyl (C=O) groups excluding carboxylic acids is 5. The van der Waals surface area contributed by atoms with Crippen molar-refractivity contribution in [2.45, 2.75) is 12.2 Å². The molecule has 3 amide bonds. The van der Waals surface area contributed by atoms with Crippen LogP contribution < -0.4 is 25.6 Å². The average Bonchev–Trinajstić information content (AvgIpc) is 3.64. The maximum absolute atomic E-state index is 13.3. The molecule has 3 aromatic carbocycles. The Hall–Kier alpha value is -6.64. The molecule has 0 aliphatic carbocycles. The molecule has 242 valence electrons. The number of aliphatic carboxylic acids is 1. The van der Waals surface area contributed by atoms with Crippen molar-refractivity contribution in [3.8, 4) is 11.5 Å². The monoisotopic (exact) mass is 645 g/mol. The SMILES string of the molecule is COc1cccc(C(=O)O[C@@H](C(=O)O)[C@@H](OC(=O)c2cccc(OC)c2)C(=O)NNC(=O)c2ccc(NC(=O)c3ccco3)cc2)c1. The molecule has 0 fully saturated rings. The molecule has 0 unspecified atom stereocenters. The Bertz CT molecular complexity index is 1770. The number of benzene rings is 3. The summed E-state index contributed by atoms with van der Waals surface area (Å²) in [5.74, 6) is -6.29. The number of esters is 2. The zero-order valence-corrected chi connectivity index (χ0v) is 24.8. The quantitative estimate of drug-likeness (QED) is 0.130. The number of anilines is 1. The molecule has 4 N–H and O–H groups in total. The molecule has 4 aromatic rings. The van der Waals surface area contributed by atoms with Crippen molar-refractivity contribution >= 4 is 41.3 Å². The van der Waals surface area contributed by atoms with Gasteiger partial charge >= 0.3 is 17.9 Å². The fraction of sp³-hybridized carbons (Fsp3) is 0.125. The number of nitrogens with one attached hydrogen (secondary N) is 3. The lowest BCUT2D eigenvalue weighted by molar-refractivity contribution is -0.159. The molecule has 0 radical (unpaired) electrons. The molecule has 2 atom stereocenters. The third kappa shape index (κ3) is 8.72. The number of furan rings is 1. The Morgan fingerprint density at radius 2 is 1.23 bits per heavy atom. The first-order valence-electron chi connectivity index (χ1n) is 13.6. The molecule has 1 aromatic heterocycles. The molecular weight excluding hydrogens is 618 g/mol. The molecule has 4 rings (SSSR count). The van der Waals surface area contributed by atoms with E-state index in [1.807, 2.05) is 5.43 Å². The van der Waals surface area contributed by atoms with Gasteiger partial charge in [0.15, 0.2) is 5.76 Å². The standard InChI is InChI=1S/C32H27N3O12/c1-43-22-8-3-6-19(16-22)31(41)46-25(26(30(39)40)47-32(42)20-7-4-9-23(17-20)44-2)29(38)35-34-27(36)18-11-13-21(14-12-18)33-28(37)24-10-5-15-45-24/h3-17,25-26H,1-2H3,(H,33,37)(H,34,36)(H,35,38)(H,39,40)/t25-,26-/m1/s1. The van der Waals surface area contributed by atoms with E-state index in [4.69, 9.17) is 23.4 Å². The molecule has 0 saturated heterocycles. The minimum atomic E-state index is -2.36. The minimum absolute atomic E-state index is 0.0189. The van der Waals surface area contributed by atoms with Gasteiger partial charge in [-0.15, -0.1) is 0 Å². The van der Waals surface area contributed by atoms with Gasteiger partial charge in [-0.3, -0.25) is 25.2 Å². The summed E-state index contributed by atoms with van der Waals surface area (Å²) < 4.78 is 25.5. The summed E-state index contributed by atoms with van der Waals surface area (Å²) in [6, 6.07) is 19.6. The van der Waals surface area contributed by atoms with Gasteiger partial charge in [-0.1, -0.05) is 12.1 Å². The van der Waals surface area contributed by atoms with Gasteiger partial charge in [-0.2, -0.15) is 0 Å². The van der Waals surface area contributed by atoms with Crippen LogP contribution in [0.4, 0.5) is 5.69 Å². The molecule has 47 heavy (non-hydrogen) atoms. The van der Waals surface area contributed by atoms with Crippen LogP contribution in [0.3, 0.4) is 0 Å².